The summed E-state index contributed by atoms with van der Waals surface area (Å²) in [5.41, 5.74) is 2.59. The number of hydrogen-bond acceptors (Lipinski definition) is 5. The van der Waals surface area contributed by atoms with Crippen LogP contribution in [0.2, 0.25) is 0 Å². The zero-order chi connectivity index (χ0) is 19.7. The van der Waals surface area contributed by atoms with Gasteiger partial charge in [0.1, 0.15) is 23.5 Å². The predicted octanol–water partition coefficient (Wildman–Crippen LogP) is 2.26. The van der Waals surface area contributed by atoms with Gasteiger partial charge in [-0.2, -0.15) is 0 Å². The van der Waals surface area contributed by atoms with E-state index in [4.69, 9.17) is 5.11 Å². The van der Waals surface area contributed by atoms with Crippen molar-refractivity contribution in [3.8, 4) is 16.9 Å². The maximum absolute atomic E-state index is 12.6. The van der Waals surface area contributed by atoms with Crippen LogP contribution in [0.3, 0.4) is 0 Å². The summed E-state index contributed by atoms with van der Waals surface area (Å²) in [5.74, 6) is -1.38. The summed E-state index contributed by atoms with van der Waals surface area (Å²) < 4.78 is 1.31. The van der Waals surface area contributed by atoms with Gasteiger partial charge in [-0.15, -0.1) is 0 Å². The van der Waals surface area contributed by atoms with Crippen LogP contribution in [0.15, 0.2) is 47.9 Å². The van der Waals surface area contributed by atoms with Crippen LogP contribution in [0.4, 0.5) is 0 Å². The predicted molar refractivity (Wildman–Crippen MR) is 103 cm³/mol. The second-order valence-electron chi connectivity index (χ2n) is 6.22. The van der Waals surface area contributed by atoms with Crippen LogP contribution >= 0.6 is 0 Å². The van der Waals surface area contributed by atoms with Gasteiger partial charge in [-0.1, -0.05) is 30.8 Å². The molecule has 7 nitrogen and oxygen atoms in total. The molecule has 0 fully saturated rings. The lowest BCUT2D eigenvalue weighted by molar-refractivity contribution is -0.135. The summed E-state index contributed by atoms with van der Waals surface area (Å²) in [6.45, 7) is 5.25. The number of aromatic hydroxyl groups is 1. The Morgan fingerprint density at radius 1 is 1.33 bits per heavy atom. The van der Waals surface area contributed by atoms with Gasteiger partial charge < -0.3 is 15.5 Å². The number of carbonyl (C=O) groups is 1. The summed E-state index contributed by atoms with van der Waals surface area (Å²) in [6.07, 6.45) is 1.65. The largest absolute Gasteiger partial charge is 0.506 e. The number of aromatic nitrogens is 2. The van der Waals surface area contributed by atoms with Crippen LogP contribution in [0.1, 0.15) is 11.1 Å². The van der Waals surface area contributed by atoms with Gasteiger partial charge in [0.15, 0.2) is 0 Å². The second kappa shape index (κ2) is 6.95. The van der Waals surface area contributed by atoms with E-state index in [1.54, 1.807) is 19.3 Å². The molecule has 0 aliphatic carbocycles. The Kier molecular flexibility index (Phi) is 4.68. The van der Waals surface area contributed by atoms with Gasteiger partial charge in [0.05, 0.1) is 5.39 Å². The quantitative estimate of drug-likeness (QED) is 0.641. The van der Waals surface area contributed by atoms with Gasteiger partial charge in [0.25, 0.3) is 5.56 Å². The van der Waals surface area contributed by atoms with Crippen molar-refractivity contribution in [2.75, 3.05) is 6.54 Å². The van der Waals surface area contributed by atoms with Crippen LogP contribution in [0.25, 0.3) is 27.9 Å². The van der Waals surface area contributed by atoms with Gasteiger partial charge in [0, 0.05) is 24.5 Å². The van der Waals surface area contributed by atoms with Crippen LogP contribution in [0.5, 0.6) is 5.75 Å². The second-order valence-corrected chi connectivity index (χ2v) is 6.22. The number of nitrogens with zero attached hydrogens (tertiary/aromatic N) is 2. The summed E-state index contributed by atoms with van der Waals surface area (Å²) in [6, 6.07) is 9.53. The molecule has 0 aliphatic heterocycles. The van der Waals surface area contributed by atoms with Gasteiger partial charge in [-0.05, 0) is 24.1 Å². The first-order chi connectivity index (χ1) is 12.8. The number of rotatable bonds is 5. The molecule has 27 heavy (non-hydrogen) atoms. The topological polar surface area (TPSA) is 104 Å². The SMILES string of the molecule is C=C(NCC(=O)O)c1c(O)c2cc(-c3ccccc3C)cnc2n(C)c1=O. The molecule has 7 heteroatoms. The van der Waals surface area contributed by atoms with Crippen molar-refractivity contribution in [3.63, 3.8) is 0 Å². The van der Waals surface area contributed by atoms with E-state index in [2.05, 4.69) is 16.9 Å². The number of hydrogen-bond donors (Lipinski definition) is 3. The van der Waals surface area contributed by atoms with Crippen molar-refractivity contribution in [1.29, 1.82) is 0 Å². The highest BCUT2D eigenvalue weighted by atomic mass is 16.4. The molecule has 2 aromatic heterocycles. The number of aliphatic carboxylic acids is 1. The Hall–Kier alpha value is -3.61. The molecule has 3 rings (SSSR count). The highest BCUT2D eigenvalue weighted by Crippen LogP contribution is 2.32. The molecule has 0 radical (unpaired) electrons. The van der Waals surface area contributed by atoms with E-state index >= 15 is 0 Å². The Morgan fingerprint density at radius 3 is 2.70 bits per heavy atom. The number of benzene rings is 1. The Morgan fingerprint density at radius 2 is 2.04 bits per heavy atom. The lowest BCUT2D eigenvalue weighted by atomic mass is 10.0. The van der Waals surface area contributed by atoms with Crippen molar-refractivity contribution < 1.29 is 15.0 Å². The first-order valence-electron chi connectivity index (χ1n) is 8.24. The van der Waals surface area contributed by atoms with Crippen LogP contribution in [0, 0.1) is 6.92 Å². The minimum Gasteiger partial charge on any atom is -0.506 e. The number of carboxylic acids is 1. The van der Waals surface area contributed by atoms with Crippen molar-refractivity contribution in [2.45, 2.75) is 6.92 Å². The number of nitrogens with one attached hydrogen (secondary N) is 1. The third-order valence-corrected chi connectivity index (χ3v) is 4.41. The van der Waals surface area contributed by atoms with E-state index < -0.39 is 18.1 Å². The molecule has 0 amide bonds. The van der Waals surface area contributed by atoms with Gasteiger partial charge in [-0.3, -0.25) is 14.2 Å². The van der Waals surface area contributed by atoms with Crippen molar-refractivity contribution in [2.24, 2.45) is 7.05 Å². The Bertz CT molecular complexity index is 1130. The average molecular weight is 365 g/mol. The molecule has 3 aromatic rings. The maximum Gasteiger partial charge on any atom is 0.322 e. The minimum atomic E-state index is -1.10. The zero-order valence-electron chi connectivity index (χ0n) is 15.0. The Balaban J connectivity index is 2.22. The maximum atomic E-state index is 12.6. The van der Waals surface area contributed by atoms with Crippen LogP contribution < -0.4 is 10.9 Å². The minimum absolute atomic E-state index is 0.0405. The number of aryl methyl sites for hydroxylation is 2. The highest BCUT2D eigenvalue weighted by molar-refractivity contribution is 5.91. The van der Waals surface area contributed by atoms with E-state index in [0.717, 1.165) is 16.7 Å². The molecule has 0 saturated heterocycles. The highest BCUT2D eigenvalue weighted by Gasteiger charge is 2.19. The van der Waals surface area contributed by atoms with Crippen molar-refractivity contribution in [1.82, 2.24) is 14.9 Å². The normalized spacial score (nSPS) is 10.7. The third-order valence-electron chi connectivity index (χ3n) is 4.41. The molecule has 1 aromatic carbocycles. The van der Waals surface area contributed by atoms with E-state index in [9.17, 15) is 14.7 Å². The average Bonchev–Trinajstić information content (AvgIpc) is 2.64. The summed E-state index contributed by atoms with van der Waals surface area (Å²) >= 11 is 0. The third kappa shape index (κ3) is 3.27. The summed E-state index contributed by atoms with van der Waals surface area (Å²) in [4.78, 5) is 27.7. The molecule has 0 spiro atoms. The molecule has 0 saturated carbocycles. The van der Waals surface area contributed by atoms with E-state index in [1.807, 2.05) is 31.2 Å². The monoisotopic (exact) mass is 365 g/mol. The van der Waals surface area contributed by atoms with Gasteiger partial charge >= 0.3 is 5.97 Å². The van der Waals surface area contributed by atoms with E-state index in [0.29, 0.717) is 11.0 Å². The van der Waals surface area contributed by atoms with Gasteiger partial charge in [0.2, 0.25) is 0 Å². The summed E-state index contributed by atoms with van der Waals surface area (Å²) in [5, 5.41) is 22.5. The molecule has 0 aliphatic rings. The zero-order valence-corrected chi connectivity index (χ0v) is 15.0. The first kappa shape index (κ1) is 18.2. The fraction of sp³-hybridized carbons (Fsp3) is 0.150. The van der Waals surface area contributed by atoms with Gasteiger partial charge in [-0.25, -0.2) is 4.98 Å². The molecule has 3 N–H and O–H groups in total. The van der Waals surface area contributed by atoms with Crippen molar-refractivity contribution >= 4 is 22.7 Å². The fourth-order valence-corrected chi connectivity index (χ4v) is 2.99. The molecular weight excluding hydrogens is 346 g/mol. The number of pyridine rings is 2. The molecule has 0 atom stereocenters. The van der Waals surface area contributed by atoms with Crippen LogP contribution in [-0.4, -0.2) is 32.3 Å². The molecule has 0 unspecified atom stereocenters. The van der Waals surface area contributed by atoms with Crippen LogP contribution in [-0.2, 0) is 11.8 Å². The number of carboxylic acid groups (broad SMARTS) is 1. The first-order valence-corrected chi connectivity index (χ1v) is 8.24. The fourth-order valence-electron chi connectivity index (χ4n) is 2.99. The number of fused-ring (bicyclic) bond motifs is 1. The standard InChI is InChI=1S/C20H19N3O4/c1-11-6-4-5-7-14(11)13-8-15-18(26)17(12(2)21-10-16(24)25)20(27)23(3)19(15)22-9-13/h4-9,21,26H,2,10H2,1,3H3,(H,24,25). The molecule has 138 valence electrons. The molecule has 0 bridgehead atoms. The summed E-state index contributed by atoms with van der Waals surface area (Å²) in [7, 11) is 1.54. The lowest BCUT2D eigenvalue weighted by Crippen LogP contribution is -2.27. The van der Waals surface area contributed by atoms with E-state index in [-0.39, 0.29) is 17.0 Å². The smallest absolute Gasteiger partial charge is 0.322 e. The molecule has 2 heterocycles. The molecular formula is C20H19N3O4. The van der Waals surface area contributed by atoms with E-state index in [1.165, 1.54) is 4.57 Å². The lowest BCUT2D eigenvalue weighted by Gasteiger charge is -2.15. The van der Waals surface area contributed by atoms with Crippen molar-refractivity contribution in [3.05, 3.63) is 64.6 Å². The Labute approximate surface area is 155 Å².